The number of benzene rings is 1. The molecule has 2 aromatic heterocycles. The van der Waals surface area contributed by atoms with Crippen LogP contribution >= 0.6 is 0 Å². The maximum atomic E-state index is 11.9. The van der Waals surface area contributed by atoms with Crippen LogP contribution in [0.25, 0.3) is 22.2 Å². The van der Waals surface area contributed by atoms with E-state index in [1.54, 1.807) is 0 Å². The van der Waals surface area contributed by atoms with Gasteiger partial charge in [0.15, 0.2) is 0 Å². The van der Waals surface area contributed by atoms with E-state index in [0.717, 1.165) is 71.5 Å². The molecule has 1 atom stereocenters. The summed E-state index contributed by atoms with van der Waals surface area (Å²) < 4.78 is 7.66. The lowest BCUT2D eigenvalue weighted by Crippen LogP contribution is -2.26. The number of imidazole rings is 1. The Kier molecular flexibility index (Phi) is 4.42. The number of aliphatic hydroxyl groups excluding tert-OH is 1. The highest BCUT2D eigenvalue weighted by Gasteiger charge is 2.31. The molecule has 7 heteroatoms. The van der Waals surface area contributed by atoms with Crippen molar-refractivity contribution < 1.29 is 14.4 Å². The summed E-state index contributed by atoms with van der Waals surface area (Å²) in [5, 5.41) is 17.1. The van der Waals surface area contributed by atoms with Crippen molar-refractivity contribution in [1.29, 1.82) is 0 Å². The minimum absolute atomic E-state index is 0.0516. The number of hydrogen-bond donors (Lipinski definition) is 2. The molecule has 1 saturated heterocycles. The van der Waals surface area contributed by atoms with Gasteiger partial charge >= 0.3 is 0 Å². The van der Waals surface area contributed by atoms with Crippen molar-refractivity contribution in [2.24, 2.45) is 0 Å². The van der Waals surface area contributed by atoms with Crippen molar-refractivity contribution in [2.75, 3.05) is 0 Å². The lowest BCUT2D eigenvalue weighted by atomic mass is 9.92. The number of hydrogen-bond acceptors (Lipinski definition) is 5. The summed E-state index contributed by atoms with van der Waals surface area (Å²) in [6, 6.07) is 6.55. The van der Waals surface area contributed by atoms with Crippen LogP contribution < -0.4 is 5.32 Å². The van der Waals surface area contributed by atoms with E-state index in [9.17, 15) is 9.90 Å². The molecular formula is C22H26N4O3. The lowest BCUT2D eigenvalue weighted by molar-refractivity contribution is -0.119. The van der Waals surface area contributed by atoms with Crippen LogP contribution in [0.3, 0.4) is 0 Å². The van der Waals surface area contributed by atoms with Crippen molar-refractivity contribution in [2.45, 2.75) is 70.6 Å². The van der Waals surface area contributed by atoms with Gasteiger partial charge < -0.3 is 19.5 Å². The fraction of sp³-hybridized carbons (Fsp3) is 0.500. The van der Waals surface area contributed by atoms with E-state index >= 15 is 0 Å². The van der Waals surface area contributed by atoms with Crippen LogP contribution in [-0.2, 0) is 4.79 Å². The Morgan fingerprint density at radius 3 is 2.62 bits per heavy atom. The number of carbonyl (C=O) groups is 1. The van der Waals surface area contributed by atoms with Crippen LogP contribution in [0.15, 0.2) is 22.7 Å². The largest absolute Gasteiger partial charge is 0.393 e. The van der Waals surface area contributed by atoms with Gasteiger partial charge in [0.2, 0.25) is 5.91 Å². The third-order valence-corrected chi connectivity index (χ3v) is 6.38. The number of nitrogens with zero attached hydrogens (tertiary/aromatic N) is 3. The maximum Gasteiger partial charge on any atom is 0.220 e. The summed E-state index contributed by atoms with van der Waals surface area (Å²) >= 11 is 0. The van der Waals surface area contributed by atoms with E-state index in [2.05, 4.69) is 33.2 Å². The molecular weight excluding hydrogens is 368 g/mol. The average molecular weight is 394 g/mol. The van der Waals surface area contributed by atoms with Crippen molar-refractivity contribution in [1.82, 2.24) is 20.0 Å². The number of rotatable bonds is 3. The van der Waals surface area contributed by atoms with Crippen molar-refractivity contribution in [3.8, 4) is 11.1 Å². The molecule has 5 rings (SSSR count). The molecule has 1 saturated carbocycles. The first-order valence-electron chi connectivity index (χ1n) is 10.4. The molecule has 1 amide bonds. The maximum absolute atomic E-state index is 11.9. The van der Waals surface area contributed by atoms with E-state index < -0.39 is 0 Å². The lowest BCUT2D eigenvalue weighted by Gasteiger charge is -2.29. The van der Waals surface area contributed by atoms with Crippen LogP contribution in [0.5, 0.6) is 0 Å². The molecule has 3 aromatic rings. The third-order valence-electron chi connectivity index (χ3n) is 6.38. The van der Waals surface area contributed by atoms with Crippen molar-refractivity contribution in [3.63, 3.8) is 0 Å². The summed E-state index contributed by atoms with van der Waals surface area (Å²) in [5.74, 6) is 1.82. The minimum atomic E-state index is -0.207. The van der Waals surface area contributed by atoms with Gasteiger partial charge in [0.25, 0.3) is 0 Å². The predicted octanol–water partition coefficient (Wildman–Crippen LogP) is 3.74. The van der Waals surface area contributed by atoms with Crippen LogP contribution in [0.4, 0.5) is 0 Å². The van der Waals surface area contributed by atoms with Gasteiger partial charge in [-0.05, 0) is 63.6 Å². The number of aliphatic hydroxyl groups is 1. The Labute approximate surface area is 169 Å². The number of aryl methyl sites for hydroxylation is 2. The molecule has 2 aliphatic rings. The first-order chi connectivity index (χ1) is 14.0. The summed E-state index contributed by atoms with van der Waals surface area (Å²) in [5.41, 5.74) is 4.92. The summed E-state index contributed by atoms with van der Waals surface area (Å²) in [7, 11) is 0. The number of nitrogens with one attached hydrogen (secondary N) is 1. The fourth-order valence-corrected chi connectivity index (χ4v) is 4.92. The van der Waals surface area contributed by atoms with Crippen molar-refractivity contribution in [3.05, 3.63) is 35.5 Å². The Hall–Kier alpha value is -2.67. The molecule has 7 nitrogen and oxygen atoms in total. The van der Waals surface area contributed by atoms with Crippen LogP contribution in [0.2, 0.25) is 0 Å². The van der Waals surface area contributed by atoms with Gasteiger partial charge in [-0.15, -0.1) is 0 Å². The summed E-state index contributed by atoms with van der Waals surface area (Å²) in [4.78, 5) is 16.8. The third kappa shape index (κ3) is 3.13. The molecule has 1 aromatic carbocycles. The monoisotopic (exact) mass is 394 g/mol. The second-order valence-corrected chi connectivity index (χ2v) is 8.36. The molecule has 2 fully saturated rings. The quantitative estimate of drug-likeness (QED) is 0.706. The molecule has 2 N–H and O–H groups in total. The molecule has 1 unspecified atom stereocenters. The number of amides is 1. The summed E-state index contributed by atoms with van der Waals surface area (Å²) in [6.45, 7) is 3.87. The van der Waals surface area contributed by atoms with Crippen LogP contribution in [0.1, 0.15) is 67.9 Å². The molecule has 0 bridgehead atoms. The number of aromatic nitrogens is 3. The van der Waals surface area contributed by atoms with Gasteiger partial charge in [-0.3, -0.25) is 4.79 Å². The van der Waals surface area contributed by atoms with Crippen LogP contribution in [-0.4, -0.2) is 31.8 Å². The van der Waals surface area contributed by atoms with E-state index in [0.29, 0.717) is 12.5 Å². The molecule has 29 heavy (non-hydrogen) atoms. The normalized spacial score (nSPS) is 24.9. The SMILES string of the molecule is Cc1noc(C)c1-c1ccc2c(c1)nc(C1CCC(=O)N1)n2C1CCC(O)CC1. The highest BCUT2D eigenvalue weighted by molar-refractivity contribution is 5.84. The zero-order valence-electron chi connectivity index (χ0n) is 16.8. The zero-order valence-corrected chi connectivity index (χ0v) is 16.8. The standard InChI is InChI=1S/C22H26N4O3/c1-12-21(13(2)29-25-12)14-3-9-19-18(11-14)24-22(17-8-10-20(28)23-17)26(19)15-4-6-16(27)7-5-15/h3,9,11,15-17,27H,4-8,10H2,1-2H3,(H,23,28). The minimum Gasteiger partial charge on any atom is -0.393 e. The van der Waals surface area contributed by atoms with E-state index in [-0.39, 0.29) is 18.1 Å². The van der Waals surface area contributed by atoms with Gasteiger partial charge in [0.05, 0.1) is 28.9 Å². The highest BCUT2D eigenvalue weighted by Crippen LogP contribution is 2.38. The van der Waals surface area contributed by atoms with Gasteiger partial charge in [0, 0.05) is 18.0 Å². The number of fused-ring (bicyclic) bond motifs is 1. The van der Waals surface area contributed by atoms with Crippen LogP contribution in [0, 0.1) is 13.8 Å². The van der Waals surface area contributed by atoms with E-state index in [4.69, 9.17) is 9.51 Å². The fourth-order valence-electron chi connectivity index (χ4n) is 4.92. The topological polar surface area (TPSA) is 93.2 Å². The Balaban J connectivity index is 1.63. The number of carbonyl (C=O) groups excluding carboxylic acids is 1. The molecule has 0 spiro atoms. The second kappa shape index (κ2) is 6.99. The van der Waals surface area contributed by atoms with Crippen molar-refractivity contribution >= 4 is 16.9 Å². The zero-order chi connectivity index (χ0) is 20.1. The predicted molar refractivity (Wildman–Crippen MR) is 108 cm³/mol. The van der Waals surface area contributed by atoms with E-state index in [1.165, 1.54) is 0 Å². The first-order valence-corrected chi connectivity index (χ1v) is 10.4. The smallest absolute Gasteiger partial charge is 0.220 e. The molecule has 152 valence electrons. The van der Waals surface area contributed by atoms with Gasteiger partial charge in [-0.2, -0.15) is 0 Å². The molecule has 0 radical (unpaired) electrons. The average Bonchev–Trinajstić information content (AvgIpc) is 3.39. The molecule has 1 aliphatic carbocycles. The first kappa shape index (κ1) is 18.4. The Bertz CT molecular complexity index is 1060. The van der Waals surface area contributed by atoms with Gasteiger partial charge in [-0.1, -0.05) is 11.2 Å². The molecule has 3 heterocycles. The molecule has 1 aliphatic heterocycles. The van der Waals surface area contributed by atoms with Gasteiger partial charge in [0.1, 0.15) is 11.6 Å². The Morgan fingerprint density at radius 2 is 1.97 bits per heavy atom. The Morgan fingerprint density at radius 1 is 1.17 bits per heavy atom. The van der Waals surface area contributed by atoms with E-state index in [1.807, 2.05) is 13.8 Å². The highest BCUT2D eigenvalue weighted by atomic mass is 16.5. The summed E-state index contributed by atoms with van der Waals surface area (Å²) in [6.07, 6.45) is 4.56. The van der Waals surface area contributed by atoms with Gasteiger partial charge in [-0.25, -0.2) is 4.98 Å². The second-order valence-electron chi connectivity index (χ2n) is 8.36.